The fourth-order valence-corrected chi connectivity index (χ4v) is 2.25. The lowest BCUT2D eigenvalue weighted by Gasteiger charge is -2.27. The van der Waals surface area contributed by atoms with Crippen LogP contribution in [0.4, 0.5) is 0 Å². The average molecular weight is 329 g/mol. The van der Waals surface area contributed by atoms with Crippen LogP contribution >= 0.6 is 12.4 Å². The number of nitrogens with one attached hydrogen (secondary N) is 1. The van der Waals surface area contributed by atoms with Crippen molar-refractivity contribution >= 4 is 18.3 Å². The molecule has 1 unspecified atom stereocenters. The molecule has 1 atom stereocenters. The summed E-state index contributed by atoms with van der Waals surface area (Å²) in [7, 11) is 3.55. The summed E-state index contributed by atoms with van der Waals surface area (Å²) in [4.78, 5) is 14.0. The van der Waals surface area contributed by atoms with Crippen LogP contribution in [0.2, 0.25) is 0 Å². The third-order valence-corrected chi connectivity index (χ3v) is 3.76. The van der Waals surface area contributed by atoms with Gasteiger partial charge < -0.3 is 15.0 Å². The molecule has 1 N–H and O–H groups in total. The first-order valence-corrected chi connectivity index (χ1v) is 7.59. The molecule has 4 nitrogen and oxygen atoms in total. The zero-order valence-electron chi connectivity index (χ0n) is 14.1. The molecule has 126 valence electrons. The molecule has 1 aromatic rings. The van der Waals surface area contributed by atoms with Gasteiger partial charge in [-0.05, 0) is 25.3 Å². The maximum Gasteiger partial charge on any atom is 0.236 e. The summed E-state index contributed by atoms with van der Waals surface area (Å²) < 4.78 is 4.95. The second-order valence-electron chi connectivity index (χ2n) is 5.43. The van der Waals surface area contributed by atoms with E-state index in [2.05, 4.69) is 43.4 Å². The molecule has 1 rings (SSSR count). The van der Waals surface area contributed by atoms with Crippen molar-refractivity contribution < 1.29 is 9.53 Å². The Hall–Kier alpha value is -1.10. The highest BCUT2D eigenvalue weighted by Crippen LogP contribution is 2.12. The van der Waals surface area contributed by atoms with Crippen molar-refractivity contribution in [3.8, 4) is 0 Å². The lowest BCUT2D eigenvalue weighted by atomic mass is 10.0. The number of amides is 1. The number of aryl methyl sites for hydroxylation is 1. The van der Waals surface area contributed by atoms with Gasteiger partial charge in [0.15, 0.2) is 0 Å². The molecule has 0 heterocycles. The number of benzene rings is 1. The van der Waals surface area contributed by atoms with Crippen LogP contribution in [-0.4, -0.2) is 50.7 Å². The number of likely N-dealkylation sites (N-methyl/N-ethyl adjacent to an activating group) is 1. The topological polar surface area (TPSA) is 41.6 Å². The van der Waals surface area contributed by atoms with E-state index in [0.717, 1.165) is 12.8 Å². The predicted octanol–water partition coefficient (Wildman–Crippen LogP) is 2.43. The number of halogens is 1. The quantitative estimate of drug-likeness (QED) is 0.708. The molecular formula is C17H29ClN2O2. The lowest BCUT2D eigenvalue weighted by molar-refractivity contribution is -0.131. The minimum Gasteiger partial charge on any atom is -0.383 e. The van der Waals surface area contributed by atoms with Gasteiger partial charge in [0, 0.05) is 26.7 Å². The molecule has 0 bridgehead atoms. The Morgan fingerprint density at radius 3 is 2.50 bits per heavy atom. The third kappa shape index (κ3) is 7.25. The second kappa shape index (κ2) is 11.5. The molecule has 0 spiro atoms. The first-order chi connectivity index (χ1) is 10.1. The van der Waals surface area contributed by atoms with Crippen molar-refractivity contribution in [3.05, 3.63) is 35.4 Å². The highest BCUT2D eigenvalue weighted by molar-refractivity contribution is 5.85. The van der Waals surface area contributed by atoms with Crippen molar-refractivity contribution in [2.45, 2.75) is 32.7 Å². The standard InChI is InChI=1S/C17H28N2O2.ClH/c1-5-16(12-15-8-6-14(2)7-9-15)19(3)17(20)13-18-10-11-21-4;/h6-9,16,18H,5,10-13H2,1-4H3;1H. The van der Waals surface area contributed by atoms with Gasteiger partial charge in [-0.15, -0.1) is 12.4 Å². The molecule has 0 aliphatic heterocycles. The number of ether oxygens (including phenoxy) is 1. The largest absolute Gasteiger partial charge is 0.383 e. The average Bonchev–Trinajstić information content (AvgIpc) is 2.50. The molecule has 1 aromatic carbocycles. The highest BCUT2D eigenvalue weighted by atomic mass is 35.5. The second-order valence-corrected chi connectivity index (χ2v) is 5.43. The van der Waals surface area contributed by atoms with E-state index in [4.69, 9.17) is 4.74 Å². The van der Waals surface area contributed by atoms with E-state index in [0.29, 0.717) is 19.7 Å². The Kier molecular flexibility index (Phi) is 10.9. The lowest BCUT2D eigenvalue weighted by Crippen LogP contribution is -2.43. The van der Waals surface area contributed by atoms with Crippen LogP contribution in [0.5, 0.6) is 0 Å². The summed E-state index contributed by atoms with van der Waals surface area (Å²) in [5.74, 6) is 0.130. The molecule has 22 heavy (non-hydrogen) atoms. The fourth-order valence-electron chi connectivity index (χ4n) is 2.25. The summed E-state index contributed by atoms with van der Waals surface area (Å²) in [6, 6.07) is 8.77. The first-order valence-electron chi connectivity index (χ1n) is 7.59. The zero-order chi connectivity index (χ0) is 15.7. The number of carbonyl (C=O) groups excluding carboxylic acids is 1. The highest BCUT2D eigenvalue weighted by Gasteiger charge is 2.18. The van der Waals surface area contributed by atoms with E-state index >= 15 is 0 Å². The fraction of sp³-hybridized carbons (Fsp3) is 0.588. The number of nitrogens with zero attached hydrogens (tertiary/aromatic N) is 1. The molecule has 0 aromatic heterocycles. The number of hydrogen-bond acceptors (Lipinski definition) is 3. The Bertz CT molecular complexity index is 423. The summed E-state index contributed by atoms with van der Waals surface area (Å²) in [5.41, 5.74) is 2.54. The van der Waals surface area contributed by atoms with Crippen LogP contribution in [0.15, 0.2) is 24.3 Å². The van der Waals surface area contributed by atoms with E-state index < -0.39 is 0 Å². The minimum atomic E-state index is 0. The predicted molar refractivity (Wildman–Crippen MR) is 93.7 cm³/mol. The number of hydrogen-bond donors (Lipinski definition) is 1. The van der Waals surface area contributed by atoms with Crippen LogP contribution in [-0.2, 0) is 16.0 Å². The summed E-state index contributed by atoms with van der Waals surface area (Å²) >= 11 is 0. The molecular weight excluding hydrogens is 300 g/mol. The van der Waals surface area contributed by atoms with Gasteiger partial charge in [-0.1, -0.05) is 36.8 Å². The maximum absolute atomic E-state index is 12.2. The van der Waals surface area contributed by atoms with Crippen molar-refractivity contribution in [3.63, 3.8) is 0 Å². The molecule has 0 saturated carbocycles. The molecule has 0 aliphatic rings. The molecule has 0 radical (unpaired) electrons. The summed E-state index contributed by atoms with van der Waals surface area (Å²) in [5, 5.41) is 3.10. The summed E-state index contributed by atoms with van der Waals surface area (Å²) in [6.45, 7) is 5.90. The van der Waals surface area contributed by atoms with Gasteiger partial charge in [0.25, 0.3) is 0 Å². The van der Waals surface area contributed by atoms with Gasteiger partial charge >= 0.3 is 0 Å². The summed E-state index contributed by atoms with van der Waals surface area (Å²) in [6.07, 6.45) is 1.85. The van der Waals surface area contributed by atoms with E-state index in [-0.39, 0.29) is 24.4 Å². The van der Waals surface area contributed by atoms with Gasteiger partial charge in [0.1, 0.15) is 0 Å². The van der Waals surface area contributed by atoms with Crippen LogP contribution in [0, 0.1) is 6.92 Å². The minimum absolute atomic E-state index is 0. The maximum atomic E-state index is 12.2. The van der Waals surface area contributed by atoms with E-state index in [1.807, 2.05) is 11.9 Å². The molecule has 5 heteroatoms. The smallest absolute Gasteiger partial charge is 0.236 e. The van der Waals surface area contributed by atoms with Gasteiger partial charge in [-0.3, -0.25) is 4.79 Å². The molecule has 0 aliphatic carbocycles. The molecule has 0 fully saturated rings. The number of rotatable bonds is 9. The molecule has 1 amide bonds. The Balaban J connectivity index is 0.00000441. The number of methoxy groups -OCH3 is 1. The van der Waals surface area contributed by atoms with Crippen molar-refractivity contribution in [1.29, 1.82) is 0 Å². The third-order valence-electron chi connectivity index (χ3n) is 3.76. The normalized spacial score (nSPS) is 11.6. The number of carbonyl (C=O) groups is 1. The van der Waals surface area contributed by atoms with E-state index in [1.165, 1.54) is 11.1 Å². The Labute approximate surface area is 140 Å². The van der Waals surface area contributed by atoms with Gasteiger partial charge in [0.2, 0.25) is 5.91 Å². The van der Waals surface area contributed by atoms with Crippen LogP contribution in [0.3, 0.4) is 0 Å². The van der Waals surface area contributed by atoms with Crippen molar-refractivity contribution in [2.24, 2.45) is 0 Å². The Morgan fingerprint density at radius 1 is 1.32 bits per heavy atom. The van der Waals surface area contributed by atoms with Crippen LogP contribution in [0.25, 0.3) is 0 Å². The van der Waals surface area contributed by atoms with Gasteiger partial charge in [-0.25, -0.2) is 0 Å². The molecule has 0 saturated heterocycles. The van der Waals surface area contributed by atoms with E-state index in [9.17, 15) is 4.79 Å². The Morgan fingerprint density at radius 2 is 1.95 bits per heavy atom. The zero-order valence-corrected chi connectivity index (χ0v) is 14.9. The van der Waals surface area contributed by atoms with Crippen molar-refractivity contribution in [1.82, 2.24) is 10.2 Å². The first kappa shape index (κ1) is 20.9. The van der Waals surface area contributed by atoms with E-state index in [1.54, 1.807) is 7.11 Å². The van der Waals surface area contributed by atoms with Gasteiger partial charge in [-0.2, -0.15) is 0 Å². The SMILES string of the molecule is CCC(Cc1ccc(C)cc1)N(C)C(=O)CNCCOC.Cl. The van der Waals surface area contributed by atoms with Crippen molar-refractivity contribution in [2.75, 3.05) is 33.9 Å². The monoisotopic (exact) mass is 328 g/mol. The van der Waals surface area contributed by atoms with Crippen LogP contribution in [0.1, 0.15) is 24.5 Å². The van der Waals surface area contributed by atoms with Gasteiger partial charge in [0.05, 0.1) is 13.2 Å². The van der Waals surface area contributed by atoms with Crippen LogP contribution < -0.4 is 5.32 Å².